The maximum Gasteiger partial charge on any atom is 0.573 e. The van der Waals surface area contributed by atoms with Gasteiger partial charge in [0.05, 0.1) is 12.0 Å². The van der Waals surface area contributed by atoms with Crippen LogP contribution in [0.5, 0.6) is 11.5 Å². The summed E-state index contributed by atoms with van der Waals surface area (Å²) < 4.78 is 47.2. The number of benzene rings is 2. The van der Waals surface area contributed by atoms with E-state index in [1.165, 1.54) is 18.2 Å². The first-order chi connectivity index (χ1) is 18.5. The van der Waals surface area contributed by atoms with Crippen molar-refractivity contribution in [3.05, 3.63) is 59.3 Å². The van der Waals surface area contributed by atoms with Gasteiger partial charge < -0.3 is 30.2 Å². The second-order valence-corrected chi connectivity index (χ2v) is 9.40. The highest BCUT2D eigenvalue weighted by atomic mass is 19.4. The molecule has 0 bridgehead atoms. The van der Waals surface area contributed by atoms with Gasteiger partial charge in [0, 0.05) is 29.6 Å². The number of amides is 2. The van der Waals surface area contributed by atoms with E-state index in [1.54, 1.807) is 25.1 Å². The lowest BCUT2D eigenvalue weighted by atomic mass is 9.87. The Bertz CT molecular complexity index is 1360. The summed E-state index contributed by atoms with van der Waals surface area (Å²) in [6, 6.07) is 10.3. The van der Waals surface area contributed by atoms with Crippen molar-refractivity contribution in [3.8, 4) is 11.5 Å². The van der Waals surface area contributed by atoms with Crippen LogP contribution in [0.25, 0.3) is 10.9 Å². The van der Waals surface area contributed by atoms with Crippen LogP contribution in [0.15, 0.2) is 42.5 Å². The van der Waals surface area contributed by atoms with Gasteiger partial charge in [0.15, 0.2) is 0 Å². The smallest absolute Gasteiger partial charge is 0.490 e. The van der Waals surface area contributed by atoms with Crippen LogP contribution in [0.3, 0.4) is 0 Å². The van der Waals surface area contributed by atoms with E-state index in [0.29, 0.717) is 53.5 Å². The van der Waals surface area contributed by atoms with Crippen molar-refractivity contribution in [3.63, 3.8) is 0 Å². The zero-order valence-electron chi connectivity index (χ0n) is 21.1. The van der Waals surface area contributed by atoms with Crippen LogP contribution in [0.4, 0.5) is 13.2 Å². The normalized spacial score (nSPS) is 17.4. The number of aromatic amines is 1. The average Bonchev–Trinajstić information content (AvgIpc) is 3.29. The number of H-pyrrole nitrogens is 1. The molecule has 1 aliphatic rings. The average molecular weight is 548 g/mol. The van der Waals surface area contributed by atoms with Crippen LogP contribution in [0.1, 0.15) is 52.1 Å². The number of aryl methyl sites for hydroxylation is 1. The Balaban J connectivity index is 1.24. The van der Waals surface area contributed by atoms with Crippen molar-refractivity contribution in [1.82, 2.24) is 15.6 Å². The highest BCUT2D eigenvalue weighted by Crippen LogP contribution is 2.29. The van der Waals surface area contributed by atoms with Crippen molar-refractivity contribution in [2.45, 2.75) is 45.1 Å². The Kier molecular flexibility index (Phi) is 8.32. The van der Waals surface area contributed by atoms with Crippen LogP contribution in [0.2, 0.25) is 0 Å². The van der Waals surface area contributed by atoms with Gasteiger partial charge in [-0.15, -0.1) is 13.2 Å². The number of fused-ring (bicyclic) bond motifs is 1. The van der Waals surface area contributed by atoms with Gasteiger partial charge in [0.2, 0.25) is 0 Å². The number of aromatic nitrogens is 1. The predicted octanol–water partition coefficient (Wildman–Crippen LogP) is 4.56. The Morgan fingerprint density at radius 3 is 2.26 bits per heavy atom. The molecule has 0 radical (unpaired) electrons. The summed E-state index contributed by atoms with van der Waals surface area (Å²) in [5, 5.41) is 14.9. The molecule has 0 saturated heterocycles. The van der Waals surface area contributed by atoms with E-state index in [4.69, 9.17) is 9.84 Å². The fourth-order valence-corrected chi connectivity index (χ4v) is 4.56. The number of carboxylic acid groups (broad SMARTS) is 1. The number of carbonyl (C=O) groups is 3. The van der Waals surface area contributed by atoms with E-state index in [0.717, 1.165) is 6.07 Å². The molecule has 0 unspecified atom stereocenters. The van der Waals surface area contributed by atoms with Gasteiger partial charge in [0.25, 0.3) is 11.8 Å². The molecule has 0 aliphatic heterocycles. The van der Waals surface area contributed by atoms with Gasteiger partial charge in [-0.05, 0) is 80.6 Å². The molecule has 12 heteroatoms. The Labute approximate surface area is 221 Å². The minimum Gasteiger partial charge on any atom is -0.490 e. The van der Waals surface area contributed by atoms with Crippen molar-refractivity contribution >= 4 is 28.7 Å². The quantitative estimate of drug-likeness (QED) is 0.291. The first-order valence-electron chi connectivity index (χ1n) is 12.4. The number of rotatable bonds is 9. The van der Waals surface area contributed by atoms with Gasteiger partial charge in [-0.2, -0.15) is 0 Å². The number of carboxylic acids is 1. The number of hydrogen-bond donors (Lipinski definition) is 4. The lowest BCUT2D eigenvalue weighted by Crippen LogP contribution is -2.35. The maximum absolute atomic E-state index is 12.6. The van der Waals surface area contributed by atoms with Gasteiger partial charge in [0.1, 0.15) is 17.2 Å². The van der Waals surface area contributed by atoms with E-state index in [1.807, 2.05) is 0 Å². The molecule has 0 spiro atoms. The largest absolute Gasteiger partial charge is 0.573 e. The molecular weight excluding hydrogens is 519 g/mol. The number of alkyl halides is 3. The van der Waals surface area contributed by atoms with Crippen LogP contribution < -0.4 is 20.1 Å². The fourth-order valence-electron chi connectivity index (χ4n) is 4.56. The van der Waals surface area contributed by atoms with Crippen molar-refractivity contribution in [2.75, 3.05) is 13.1 Å². The third-order valence-electron chi connectivity index (χ3n) is 6.54. The summed E-state index contributed by atoms with van der Waals surface area (Å²) in [7, 11) is 0. The first-order valence-corrected chi connectivity index (χ1v) is 12.4. The zero-order chi connectivity index (χ0) is 28.2. The standard InChI is InChI=1S/C27H28F3N3O6/c1-15-12-19(38-18-4-2-16(3-5-18)26(36)37)6-8-21(15)24(34)31-10-11-32-25(35)23-14-17-13-20(39-27(28,29)30)7-9-22(17)33-23/h6-9,12-14,16,18,33H,2-5,10-11H2,1H3,(H,31,34)(H,32,35)(H,36,37)/t16-,18+. The van der Waals surface area contributed by atoms with Crippen molar-refractivity contribution in [1.29, 1.82) is 0 Å². The topological polar surface area (TPSA) is 130 Å². The van der Waals surface area contributed by atoms with Crippen LogP contribution >= 0.6 is 0 Å². The minimum absolute atomic E-state index is 0.0594. The third kappa shape index (κ3) is 7.43. The SMILES string of the molecule is Cc1cc(O[C@H]2CC[C@@H](C(=O)O)CC2)ccc1C(=O)NCCNC(=O)c1cc2cc(OC(F)(F)F)ccc2[nH]1. The second kappa shape index (κ2) is 11.7. The molecule has 1 heterocycles. The second-order valence-electron chi connectivity index (χ2n) is 9.40. The Hall–Kier alpha value is -4.22. The lowest BCUT2D eigenvalue weighted by molar-refractivity contribution is -0.274. The number of aliphatic carboxylic acids is 1. The highest BCUT2D eigenvalue weighted by molar-refractivity contribution is 5.98. The van der Waals surface area contributed by atoms with Crippen LogP contribution in [-0.2, 0) is 4.79 Å². The molecule has 1 fully saturated rings. The maximum atomic E-state index is 12.6. The van der Waals surface area contributed by atoms with Gasteiger partial charge in [-0.25, -0.2) is 0 Å². The van der Waals surface area contributed by atoms with E-state index in [2.05, 4.69) is 20.4 Å². The summed E-state index contributed by atoms with van der Waals surface area (Å²) in [5.74, 6) is -1.66. The third-order valence-corrected chi connectivity index (χ3v) is 6.54. The molecule has 1 aliphatic carbocycles. The Morgan fingerprint density at radius 1 is 0.949 bits per heavy atom. The summed E-state index contributed by atoms with van der Waals surface area (Å²) in [5.41, 5.74) is 1.79. The first kappa shape index (κ1) is 27.8. The van der Waals surface area contributed by atoms with Crippen LogP contribution in [-0.4, -0.2) is 53.4 Å². The van der Waals surface area contributed by atoms with Crippen LogP contribution in [0, 0.1) is 12.8 Å². The molecule has 9 nitrogen and oxygen atoms in total. The molecule has 1 saturated carbocycles. The number of ether oxygens (including phenoxy) is 2. The lowest BCUT2D eigenvalue weighted by Gasteiger charge is -2.27. The molecule has 4 N–H and O–H groups in total. The molecule has 208 valence electrons. The Morgan fingerprint density at radius 2 is 1.62 bits per heavy atom. The van der Waals surface area contributed by atoms with E-state index < -0.39 is 18.2 Å². The number of hydrogen-bond acceptors (Lipinski definition) is 5. The number of halogens is 3. The zero-order valence-corrected chi connectivity index (χ0v) is 21.1. The molecule has 1 aromatic heterocycles. The number of nitrogens with one attached hydrogen (secondary N) is 3. The van der Waals surface area contributed by atoms with E-state index in [9.17, 15) is 27.6 Å². The van der Waals surface area contributed by atoms with Crippen molar-refractivity contribution < 1.29 is 42.1 Å². The summed E-state index contributed by atoms with van der Waals surface area (Å²) in [6.45, 7) is 2.06. The van der Waals surface area contributed by atoms with E-state index >= 15 is 0 Å². The highest BCUT2D eigenvalue weighted by Gasteiger charge is 2.31. The van der Waals surface area contributed by atoms with Gasteiger partial charge in [-0.3, -0.25) is 14.4 Å². The van der Waals surface area contributed by atoms with E-state index in [-0.39, 0.29) is 42.5 Å². The molecule has 4 rings (SSSR count). The molecule has 2 aromatic carbocycles. The number of carbonyl (C=O) groups excluding carboxylic acids is 2. The monoisotopic (exact) mass is 547 g/mol. The van der Waals surface area contributed by atoms with Gasteiger partial charge >= 0.3 is 12.3 Å². The summed E-state index contributed by atoms with van der Waals surface area (Å²) >= 11 is 0. The molecule has 3 aromatic rings. The molecule has 39 heavy (non-hydrogen) atoms. The molecular formula is C27H28F3N3O6. The summed E-state index contributed by atoms with van der Waals surface area (Å²) in [4.78, 5) is 39.0. The van der Waals surface area contributed by atoms with Gasteiger partial charge in [-0.1, -0.05) is 0 Å². The molecule has 0 atom stereocenters. The fraction of sp³-hybridized carbons (Fsp3) is 0.370. The predicted molar refractivity (Wildman–Crippen MR) is 135 cm³/mol. The summed E-state index contributed by atoms with van der Waals surface area (Å²) in [6.07, 6.45) is -2.39. The molecule has 2 amide bonds. The van der Waals surface area contributed by atoms with Crippen molar-refractivity contribution in [2.24, 2.45) is 5.92 Å². The minimum atomic E-state index is -4.81.